The van der Waals surface area contributed by atoms with Crippen LogP contribution in [0.3, 0.4) is 0 Å². The highest BCUT2D eigenvalue weighted by Gasteiger charge is 2.18. The fourth-order valence-corrected chi connectivity index (χ4v) is 4.51. The highest BCUT2D eigenvalue weighted by molar-refractivity contribution is 9.10. The van der Waals surface area contributed by atoms with Crippen molar-refractivity contribution in [2.24, 2.45) is 0 Å². The van der Waals surface area contributed by atoms with Gasteiger partial charge in [-0.1, -0.05) is 35.8 Å². The molecule has 0 aliphatic carbocycles. The lowest BCUT2D eigenvalue weighted by Gasteiger charge is -2.17. The number of fused-ring (bicyclic) bond motifs is 1. The van der Waals surface area contributed by atoms with Crippen molar-refractivity contribution in [1.82, 2.24) is 14.9 Å². The number of thioether (sulfide) groups is 1. The van der Waals surface area contributed by atoms with E-state index in [-0.39, 0.29) is 10.6 Å². The Kier molecular flexibility index (Phi) is 8.01. The SMILES string of the molecule is CCN(CC)CCCSc1cc2ncnc(Nc3cccc(Br)c3)c2cc1[N+](=O)[O-]. The molecule has 0 saturated carbocycles. The average molecular weight is 490 g/mol. The van der Waals surface area contributed by atoms with Crippen molar-refractivity contribution in [2.75, 3.05) is 30.7 Å². The summed E-state index contributed by atoms with van der Waals surface area (Å²) in [6, 6.07) is 11.0. The maximum Gasteiger partial charge on any atom is 0.283 e. The number of hydrogen-bond donors (Lipinski definition) is 1. The minimum atomic E-state index is -0.331. The zero-order chi connectivity index (χ0) is 21.5. The third-order valence-electron chi connectivity index (χ3n) is 4.77. The second-order valence-electron chi connectivity index (χ2n) is 6.68. The first-order chi connectivity index (χ1) is 14.5. The number of hydrogen-bond acceptors (Lipinski definition) is 7. The van der Waals surface area contributed by atoms with Gasteiger partial charge in [-0.3, -0.25) is 10.1 Å². The lowest BCUT2D eigenvalue weighted by Crippen LogP contribution is -2.24. The van der Waals surface area contributed by atoms with Gasteiger partial charge in [0.2, 0.25) is 0 Å². The van der Waals surface area contributed by atoms with E-state index in [2.05, 4.69) is 50.0 Å². The Morgan fingerprint density at radius 1 is 1.20 bits per heavy atom. The van der Waals surface area contributed by atoms with Crippen LogP contribution in [0.5, 0.6) is 0 Å². The third kappa shape index (κ3) is 5.68. The van der Waals surface area contributed by atoms with E-state index in [4.69, 9.17) is 0 Å². The quantitative estimate of drug-likeness (QED) is 0.165. The zero-order valence-electron chi connectivity index (χ0n) is 17.0. The molecule has 3 aromatic rings. The molecule has 0 spiro atoms. The predicted octanol–water partition coefficient (Wildman–Crippen LogP) is 5.87. The van der Waals surface area contributed by atoms with Crippen molar-refractivity contribution in [3.8, 4) is 0 Å². The third-order valence-corrected chi connectivity index (χ3v) is 6.39. The Morgan fingerprint density at radius 2 is 2.00 bits per heavy atom. The van der Waals surface area contributed by atoms with Crippen LogP contribution < -0.4 is 5.32 Å². The Balaban J connectivity index is 1.85. The van der Waals surface area contributed by atoms with Gasteiger partial charge in [-0.25, -0.2) is 9.97 Å². The molecule has 0 radical (unpaired) electrons. The summed E-state index contributed by atoms with van der Waals surface area (Å²) in [7, 11) is 0. The van der Waals surface area contributed by atoms with Gasteiger partial charge in [-0.2, -0.15) is 0 Å². The maximum atomic E-state index is 11.7. The number of nitro benzene ring substituents is 1. The van der Waals surface area contributed by atoms with Crippen molar-refractivity contribution in [3.05, 3.63) is 57.3 Å². The molecular formula is C21H24BrN5O2S. The van der Waals surface area contributed by atoms with E-state index in [1.807, 2.05) is 24.3 Å². The summed E-state index contributed by atoms with van der Waals surface area (Å²) in [4.78, 5) is 23.0. The summed E-state index contributed by atoms with van der Waals surface area (Å²) < 4.78 is 0.931. The van der Waals surface area contributed by atoms with Crippen LogP contribution in [0.1, 0.15) is 20.3 Å². The molecule has 9 heteroatoms. The molecule has 1 N–H and O–H groups in total. The van der Waals surface area contributed by atoms with Gasteiger partial charge in [0.25, 0.3) is 5.69 Å². The molecule has 1 aromatic heterocycles. The van der Waals surface area contributed by atoms with Gasteiger partial charge in [0.15, 0.2) is 0 Å². The minimum absolute atomic E-state index is 0.0856. The second-order valence-corrected chi connectivity index (χ2v) is 8.73. The molecule has 7 nitrogen and oxygen atoms in total. The number of nitrogens with zero attached hydrogens (tertiary/aromatic N) is 4. The molecule has 0 bridgehead atoms. The summed E-state index contributed by atoms with van der Waals surface area (Å²) >= 11 is 4.96. The molecule has 0 fully saturated rings. The maximum absolute atomic E-state index is 11.7. The van der Waals surface area contributed by atoms with Crippen LogP contribution in [0, 0.1) is 10.1 Å². The van der Waals surface area contributed by atoms with Crippen LogP contribution >= 0.6 is 27.7 Å². The Labute approximate surface area is 188 Å². The molecule has 0 atom stereocenters. The molecule has 1 heterocycles. The average Bonchev–Trinajstić information content (AvgIpc) is 2.73. The van der Waals surface area contributed by atoms with Gasteiger partial charge in [-0.15, -0.1) is 11.8 Å². The highest BCUT2D eigenvalue weighted by Crippen LogP contribution is 2.35. The number of halogens is 1. The van der Waals surface area contributed by atoms with Crippen molar-refractivity contribution in [1.29, 1.82) is 0 Å². The molecule has 30 heavy (non-hydrogen) atoms. The Hall–Kier alpha value is -2.23. The fraction of sp³-hybridized carbons (Fsp3) is 0.333. The normalized spacial score (nSPS) is 11.2. The van der Waals surface area contributed by atoms with Gasteiger partial charge in [-0.05, 0) is 56.1 Å². The number of nitro groups is 1. The summed E-state index contributed by atoms with van der Waals surface area (Å²) in [5.41, 5.74) is 1.60. The van der Waals surface area contributed by atoms with E-state index in [0.29, 0.717) is 21.6 Å². The van der Waals surface area contributed by atoms with Crippen molar-refractivity contribution in [2.45, 2.75) is 25.2 Å². The summed E-state index contributed by atoms with van der Waals surface area (Å²) in [5, 5.41) is 15.6. The zero-order valence-corrected chi connectivity index (χ0v) is 19.4. The van der Waals surface area contributed by atoms with E-state index in [0.717, 1.165) is 42.0 Å². The van der Waals surface area contributed by atoms with Gasteiger partial charge >= 0.3 is 0 Å². The van der Waals surface area contributed by atoms with E-state index >= 15 is 0 Å². The monoisotopic (exact) mass is 489 g/mol. The van der Waals surface area contributed by atoms with Crippen LogP contribution in [0.15, 0.2) is 52.1 Å². The standard InChI is InChI=1S/C21H24BrN5O2S/c1-3-26(4-2)9-6-10-30-20-13-18-17(12-19(20)27(28)29)21(24-14-23-18)25-16-8-5-7-15(22)11-16/h5,7-8,11-14H,3-4,6,9-10H2,1-2H3,(H,23,24,25). The largest absolute Gasteiger partial charge is 0.340 e. The predicted molar refractivity (Wildman–Crippen MR) is 127 cm³/mol. The first kappa shape index (κ1) is 22.5. The Morgan fingerprint density at radius 3 is 2.70 bits per heavy atom. The highest BCUT2D eigenvalue weighted by atomic mass is 79.9. The molecule has 3 rings (SSSR count). The van der Waals surface area contributed by atoms with E-state index in [9.17, 15) is 10.1 Å². The van der Waals surface area contributed by atoms with Crippen LogP contribution in [0.2, 0.25) is 0 Å². The molecule has 0 aliphatic rings. The minimum Gasteiger partial charge on any atom is -0.340 e. The van der Waals surface area contributed by atoms with Gasteiger partial charge in [0.1, 0.15) is 12.1 Å². The molecule has 0 unspecified atom stereocenters. The summed E-state index contributed by atoms with van der Waals surface area (Å²) in [6.45, 7) is 7.31. The lowest BCUT2D eigenvalue weighted by molar-refractivity contribution is -0.387. The molecule has 2 aromatic carbocycles. The number of rotatable bonds is 10. The smallest absolute Gasteiger partial charge is 0.283 e. The van der Waals surface area contributed by atoms with E-state index in [1.165, 1.54) is 18.1 Å². The number of anilines is 2. The van der Waals surface area contributed by atoms with Crippen molar-refractivity contribution in [3.63, 3.8) is 0 Å². The van der Waals surface area contributed by atoms with Crippen LogP contribution in [-0.2, 0) is 0 Å². The topological polar surface area (TPSA) is 84.2 Å². The molecule has 0 aliphatic heterocycles. The van der Waals surface area contributed by atoms with Gasteiger partial charge < -0.3 is 10.2 Å². The van der Waals surface area contributed by atoms with Gasteiger partial charge in [0.05, 0.1) is 15.3 Å². The first-order valence-electron chi connectivity index (χ1n) is 9.82. The summed E-state index contributed by atoms with van der Waals surface area (Å²) in [5.74, 6) is 1.36. The molecule has 0 amide bonds. The summed E-state index contributed by atoms with van der Waals surface area (Å²) in [6.07, 6.45) is 2.45. The molecule has 0 saturated heterocycles. The van der Waals surface area contributed by atoms with Crippen molar-refractivity contribution >= 4 is 55.8 Å². The van der Waals surface area contributed by atoms with E-state index in [1.54, 1.807) is 12.1 Å². The number of aromatic nitrogens is 2. The van der Waals surface area contributed by atoms with E-state index < -0.39 is 0 Å². The number of nitrogens with one attached hydrogen (secondary N) is 1. The first-order valence-corrected chi connectivity index (χ1v) is 11.6. The van der Waals surface area contributed by atoms with Gasteiger partial charge in [0, 0.05) is 21.6 Å². The molecular weight excluding hydrogens is 466 g/mol. The lowest BCUT2D eigenvalue weighted by atomic mass is 10.2. The van der Waals surface area contributed by atoms with Crippen LogP contribution in [-0.4, -0.2) is 45.2 Å². The van der Waals surface area contributed by atoms with Crippen LogP contribution in [0.25, 0.3) is 10.9 Å². The fourth-order valence-electron chi connectivity index (χ4n) is 3.14. The Bertz CT molecular complexity index is 1030. The van der Waals surface area contributed by atoms with Crippen molar-refractivity contribution < 1.29 is 4.92 Å². The van der Waals surface area contributed by atoms with Crippen LogP contribution in [0.4, 0.5) is 17.2 Å². The second kappa shape index (κ2) is 10.7. The molecule has 158 valence electrons. The number of benzene rings is 2.